The fourth-order valence-corrected chi connectivity index (χ4v) is 10.9. The topological polar surface area (TPSA) is 12.5 Å². The molecule has 1 saturated heterocycles. The quantitative estimate of drug-likeness (QED) is 0.313. The van der Waals surface area contributed by atoms with Crippen molar-refractivity contribution < 1.29 is 4.74 Å². The van der Waals surface area contributed by atoms with Crippen LogP contribution < -0.4 is 14.7 Å². The zero-order valence-corrected chi connectivity index (χ0v) is 27.6. The van der Waals surface area contributed by atoms with E-state index in [0.717, 1.165) is 32.1 Å². The Morgan fingerprint density at radius 2 is 1.74 bits per heavy atom. The van der Waals surface area contributed by atoms with E-state index < -0.39 is 0 Å². The summed E-state index contributed by atoms with van der Waals surface area (Å²) in [6.45, 7) is 0. The number of fused-ring (bicyclic) bond motifs is 10. The largest absolute Gasteiger partial charge is 0.366 e. The summed E-state index contributed by atoms with van der Waals surface area (Å²) in [6.07, 6.45) is 49.9. The number of rotatable bonds is 4. The molecule has 7 aliphatic carbocycles. The van der Waals surface area contributed by atoms with Crippen LogP contribution in [0.2, 0.25) is 0 Å². The van der Waals surface area contributed by atoms with Crippen LogP contribution in [0, 0.1) is 23.7 Å². The van der Waals surface area contributed by atoms with E-state index in [2.05, 4.69) is 132 Å². The summed E-state index contributed by atoms with van der Waals surface area (Å²) in [4.78, 5) is 4.28. The fourth-order valence-electron chi connectivity index (χ4n) is 9.70. The maximum absolute atomic E-state index is 6.64. The van der Waals surface area contributed by atoms with Crippen molar-refractivity contribution in [2.24, 2.45) is 23.7 Å². The van der Waals surface area contributed by atoms with Crippen LogP contribution in [0.5, 0.6) is 0 Å². The molecule has 8 atom stereocenters. The van der Waals surface area contributed by atoms with Crippen LogP contribution in [0.1, 0.15) is 59.6 Å². The summed E-state index contributed by atoms with van der Waals surface area (Å²) >= 11 is 2.02. The Balaban J connectivity index is 1.11. The van der Waals surface area contributed by atoms with Gasteiger partial charge in [0.15, 0.2) is 0 Å². The molecule has 8 aliphatic rings. The highest BCUT2D eigenvalue weighted by atomic mass is 32.1. The normalized spacial score (nSPS) is 33.4. The SMILES string of the molecule is C1=CCC(C2=CC(N(c3cccc4c3C=CC3C=CC5OC6C=CC=CC6C5C43)C3C=c4c5c(sc4=CC3)CCC=C5)=CCC2)C=C1. The summed E-state index contributed by atoms with van der Waals surface area (Å²) in [5.74, 6) is 2.17. The summed E-state index contributed by atoms with van der Waals surface area (Å²) in [5, 5.41) is 1.45. The van der Waals surface area contributed by atoms with Crippen LogP contribution in [-0.2, 0) is 11.2 Å². The van der Waals surface area contributed by atoms with E-state index in [1.807, 2.05) is 11.3 Å². The van der Waals surface area contributed by atoms with Gasteiger partial charge < -0.3 is 9.64 Å². The third-order valence-electron chi connectivity index (χ3n) is 11.8. The standard InChI is InChI=1S/C44H41NOS/c1-2-10-28(11-3-1)30-12-8-13-31(26-30)45(32-22-25-42-37(27-32)34-14-5-7-19-41(34)47-42)38-17-9-16-35-33(38)23-20-29-21-24-40-44(43(29)35)36-15-4-6-18-39(36)46-40/h1-6,9-10,13-18,20-21,23-29,32,36,39-40,43-44H,7-8,11-12,19,22H2. The Kier molecular flexibility index (Phi) is 6.80. The Morgan fingerprint density at radius 3 is 2.70 bits per heavy atom. The second-order valence-corrected chi connectivity index (χ2v) is 15.5. The lowest BCUT2D eigenvalue weighted by molar-refractivity contribution is 0.0773. The molecule has 2 heterocycles. The lowest BCUT2D eigenvalue weighted by Crippen LogP contribution is -2.40. The van der Waals surface area contributed by atoms with Gasteiger partial charge in [-0.05, 0) is 67.0 Å². The number of nitrogens with zero attached hydrogens (tertiary/aromatic N) is 1. The number of allylic oxidation sites excluding steroid dienone is 12. The van der Waals surface area contributed by atoms with Gasteiger partial charge in [-0.1, -0.05) is 121 Å². The van der Waals surface area contributed by atoms with Gasteiger partial charge in [-0.2, -0.15) is 0 Å². The number of anilines is 1. The van der Waals surface area contributed by atoms with Crippen molar-refractivity contribution in [2.75, 3.05) is 4.90 Å². The van der Waals surface area contributed by atoms with E-state index in [-0.39, 0.29) is 18.2 Å². The Morgan fingerprint density at radius 1 is 0.787 bits per heavy atom. The number of ether oxygens (including phenoxy) is 1. The molecule has 1 aliphatic heterocycles. The molecule has 10 rings (SSSR count). The first-order valence-corrected chi connectivity index (χ1v) is 18.7. The maximum Gasteiger partial charge on any atom is 0.0833 e. The highest BCUT2D eigenvalue weighted by Crippen LogP contribution is 2.54. The molecule has 8 unspecified atom stereocenters. The first-order chi connectivity index (χ1) is 23.3. The highest BCUT2D eigenvalue weighted by molar-refractivity contribution is 7.10. The van der Waals surface area contributed by atoms with Gasteiger partial charge in [-0.15, -0.1) is 11.3 Å². The van der Waals surface area contributed by atoms with Gasteiger partial charge in [0.2, 0.25) is 0 Å². The first kappa shape index (κ1) is 28.1. The van der Waals surface area contributed by atoms with Gasteiger partial charge in [0, 0.05) is 55.9 Å². The molecule has 2 aromatic rings. The van der Waals surface area contributed by atoms with Crippen LogP contribution in [0.4, 0.5) is 5.69 Å². The summed E-state index contributed by atoms with van der Waals surface area (Å²) in [6, 6.07) is 7.41. The molecule has 0 radical (unpaired) electrons. The molecule has 2 nitrogen and oxygen atoms in total. The van der Waals surface area contributed by atoms with Crippen LogP contribution in [0.15, 0.2) is 115 Å². The Labute approximate surface area is 282 Å². The summed E-state index contributed by atoms with van der Waals surface area (Å²) < 4.78 is 8.11. The van der Waals surface area contributed by atoms with E-state index in [1.54, 1.807) is 10.5 Å². The molecule has 3 heteroatoms. The zero-order valence-electron chi connectivity index (χ0n) is 26.7. The minimum atomic E-state index is 0.166. The minimum absolute atomic E-state index is 0.166. The zero-order chi connectivity index (χ0) is 30.9. The van der Waals surface area contributed by atoms with Gasteiger partial charge in [0.1, 0.15) is 0 Å². The van der Waals surface area contributed by atoms with Crippen molar-refractivity contribution in [3.05, 3.63) is 146 Å². The molecule has 0 N–H and O–H groups in total. The molecule has 1 aromatic heterocycles. The van der Waals surface area contributed by atoms with Gasteiger partial charge in [-0.3, -0.25) is 0 Å². The van der Waals surface area contributed by atoms with Crippen LogP contribution in [0.25, 0.3) is 24.3 Å². The predicted molar refractivity (Wildman–Crippen MR) is 197 cm³/mol. The van der Waals surface area contributed by atoms with Crippen molar-refractivity contribution >= 4 is 41.3 Å². The number of benzene rings is 1. The second kappa shape index (κ2) is 11.4. The van der Waals surface area contributed by atoms with Gasteiger partial charge in [0.25, 0.3) is 0 Å². The van der Waals surface area contributed by atoms with Crippen LogP contribution in [-0.4, -0.2) is 18.2 Å². The van der Waals surface area contributed by atoms with Crippen LogP contribution in [0.3, 0.4) is 0 Å². The van der Waals surface area contributed by atoms with Gasteiger partial charge in [0.05, 0.1) is 18.2 Å². The third kappa shape index (κ3) is 4.61. The second-order valence-electron chi connectivity index (χ2n) is 14.4. The smallest absolute Gasteiger partial charge is 0.0833 e. The number of hydrogen-bond acceptors (Lipinski definition) is 3. The average Bonchev–Trinajstić information content (AvgIpc) is 3.70. The van der Waals surface area contributed by atoms with Crippen molar-refractivity contribution in [2.45, 2.75) is 62.7 Å². The van der Waals surface area contributed by atoms with Crippen molar-refractivity contribution in [3.8, 4) is 0 Å². The van der Waals surface area contributed by atoms with E-state index in [0.29, 0.717) is 29.6 Å². The molecule has 234 valence electrons. The van der Waals surface area contributed by atoms with E-state index in [9.17, 15) is 0 Å². The predicted octanol–water partition coefficient (Wildman–Crippen LogP) is 8.71. The van der Waals surface area contributed by atoms with E-state index in [4.69, 9.17) is 4.74 Å². The van der Waals surface area contributed by atoms with Crippen molar-refractivity contribution in [1.29, 1.82) is 0 Å². The lowest BCUT2D eigenvalue weighted by Gasteiger charge is -2.42. The molecule has 1 fully saturated rings. The number of aryl methyl sites for hydroxylation is 1. The molecule has 0 bridgehead atoms. The third-order valence-corrected chi connectivity index (χ3v) is 13.1. The minimum Gasteiger partial charge on any atom is -0.366 e. The van der Waals surface area contributed by atoms with Gasteiger partial charge in [-0.25, -0.2) is 0 Å². The van der Waals surface area contributed by atoms with Crippen molar-refractivity contribution in [3.63, 3.8) is 0 Å². The summed E-state index contributed by atoms with van der Waals surface area (Å²) in [5.41, 5.74) is 8.63. The van der Waals surface area contributed by atoms with Gasteiger partial charge >= 0.3 is 0 Å². The monoisotopic (exact) mass is 631 g/mol. The Hall–Kier alpha value is -3.92. The van der Waals surface area contributed by atoms with E-state index >= 15 is 0 Å². The Bertz CT molecular complexity index is 2040. The molecule has 1 aromatic carbocycles. The molecule has 0 saturated carbocycles. The molecule has 0 amide bonds. The number of thiophene rings is 1. The molecular formula is C44H41NOS. The van der Waals surface area contributed by atoms with Crippen LogP contribution >= 0.6 is 11.3 Å². The highest BCUT2D eigenvalue weighted by Gasteiger charge is 2.50. The van der Waals surface area contributed by atoms with Crippen molar-refractivity contribution in [1.82, 2.24) is 0 Å². The maximum atomic E-state index is 6.64. The first-order valence-electron chi connectivity index (χ1n) is 17.8. The number of hydrogen-bond donors (Lipinski definition) is 0. The average molecular weight is 632 g/mol. The lowest BCUT2D eigenvalue weighted by atomic mass is 9.63. The fraction of sp³-hybridized carbons (Fsp3) is 0.318. The summed E-state index contributed by atoms with van der Waals surface area (Å²) in [7, 11) is 0. The molecular weight excluding hydrogens is 591 g/mol. The van der Waals surface area contributed by atoms with E-state index in [1.165, 1.54) is 44.2 Å². The molecule has 0 spiro atoms. The molecule has 47 heavy (non-hydrogen) atoms.